The molecule has 14 heavy (non-hydrogen) atoms. The van der Waals surface area contributed by atoms with Crippen LogP contribution in [0.4, 0.5) is 0 Å². The molecule has 0 aromatic carbocycles. The highest BCUT2D eigenvalue weighted by Crippen LogP contribution is 1.75. The van der Waals surface area contributed by atoms with Gasteiger partial charge in [0.25, 0.3) is 0 Å². The summed E-state index contributed by atoms with van der Waals surface area (Å²) in [5.41, 5.74) is 0. The lowest BCUT2D eigenvalue weighted by Gasteiger charge is -2.06. The lowest BCUT2D eigenvalue weighted by Crippen LogP contribution is -2.29. The van der Waals surface area contributed by atoms with Crippen LogP contribution in [0.1, 0.15) is 6.42 Å². The van der Waals surface area contributed by atoms with E-state index in [0.717, 1.165) is 39.1 Å². The molecule has 0 fully saturated rings. The average Bonchev–Trinajstić information content (AvgIpc) is 2.22. The summed E-state index contributed by atoms with van der Waals surface area (Å²) in [6.07, 6.45) is 8.99. The topological polar surface area (TPSA) is 48.1 Å². The molecule has 4 N–H and O–H groups in total. The molecule has 0 saturated carbocycles. The Morgan fingerprint density at radius 3 is 2.71 bits per heavy atom. The summed E-state index contributed by atoms with van der Waals surface area (Å²) in [6.45, 7) is 5.06. The molecule has 0 saturated heterocycles. The molecule has 1 heterocycles. The van der Waals surface area contributed by atoms with Gasteiger partial charge in [-0.1, -0.05) is 6.08 Å². The summed E-state index contributed by atoms with van der Waals surface area (Å²) in [5, 5.41) is 12.9. The van der Waals surface area contributed by atoms with Gasteiger partial charge in [-0.25, -0.2) is 0 Å². The Balaban J connectivity index is 2.17. The van der Waals surface area contributed by atoms with Crippen LogP contribution in [0.25, 0.3) is 0 Å². The van der Waals surface area contributed by atoms with E-state index in [1.807, 2.05) is 18.6 Å². The molecule has 1 rings (SSSR count). The number of rotatable bonds is 0. The molecule has 0 amide bonds. The van der Waals surface area contributed by atoms with Crippen molar-refractivity contribution in [1.82, 2.24) is 21.3 Å². The lowest BCUT2D eigenvalue weighted by atomic mass is 10.4. The summed E-state index contributed by atoms with van der Waals surface area (Å²) in [4.78, 5) is 0. The van der Waals surface area contributed by atoms with Crippen LogP contribution in [0.3, 0.4) is 0 Å². The van der Waals surface area contributed by atoms with Crippen molar-refractivity contribution in [2.24, 2.45) is 0 Å². The fourth-order valence-electron chi connectivity index (χ4n) is 1.18. The van der Waals surface area contributed by atoms with E-state index in [0.29, 0.717) is 0 Å². The maximum Gasteiger partial charge on any atom is 0.0164 e. The van der Waals surface area contributed by atoms with Crippen molar-refractivity contribution >= 4 is 0 Å². The van der Waals surface area contributed by atoms with Gasteiger partial charge in [-0.05, 0) is 19.2 Å². The SMILES string of the molecule is C1=CNC=CNCCCNCCNC1. The third kappa shape index (κ3) is 6.51. The third-order valence-corrected chi connectivity index (χ3v) is 1.93. The first kappa shape index (κ1) is 11.1. The van der Waals surface area contributed by atoms with Gasteiger partial charge in [-0.15, -0.1) is 0 Å². The van der Waals surface area contributed by atoms with Crippen molar-refractivity contribution in [3.8, 4) is 0 Å². The second kappa shape index (κ2) is 8.59. The second-order valence-corrected chi connectivity index (χ2v) is 3.16. The number of nitrogens with one attached hydrogen (secondary N) is 4. The largest absolute Gasteiger partial charge is 0.390 e. The van der Waals surface area contributed by atoms with Gasteiger partial charge in [0, 0.05) is 38.6 Å². The standard InChI is InChI=1S/C10H20N4/c1-3-11-7-9-13-5-2-6-14-10-8-12-4-1/h1,3,7,9,11-14H,2,4-6,8,10H2. The first-order valence-corrected chi connectivity index (χ1v) is 5.21. The van der Waals surface area contributed by atoms with E-state index in [2.05, 4.69) is 27.3 Å². The van der Waals surface area contributed by atoms with Crippen LogP contribution >= 0.6 is 0 Å². The molecule has 0 unspecified atom stereocenters. The van der Waals surface area contributed by atoms with Crippen LogP contribution in [0, 0.1) is 0 Å². The normalized spacial score (nSPS) is 20.6. The van der Waals surface area contributed by atoms with Crippen LogP contribution < -0.4 is 21.3 Å². The summed E-state index contributed by atoms with van der Waals surface area (Å²) in [5.74, 6) is 0. The van der Waals surface area contributed by atoms with Gasteiger partial charge in [-0.2, -0.15) is 0 Å². The molecule has 0 aliphatic carbocycles. The predicted octanol–water partition coefficient (Wildman–Crippen LogP) is -0.267. The van der Waals surface area contributed by atoms with E-state index in [-0.39, 0.29) is 0 Å². The minimum atomic E-state index is 0.913. The highest BCUT2D eigenvalue weighted by atomic mass is 14.9. The van der Waals surface area contributed by atoms with Crippen molar-refractivity contribution < 1.29 is 0 Å². The molecule has 0 bridgehead atoms. The maximum atomic E-state index is 3.37. The van der Waals surface area contributed by atoms with Gasteiger partial charge in [-0.3, -0.25) is 0 Å². The zero-order chi connectivity index (χ0) is 9.90. The lowest BCUT2D eigenvalue weighted by molar-refractivity contribution is 0.605. The molecule has 4 heteroatoms. The summed E-state index contributed by atoms with van der Waals surface area (Å²) < 4.78 is 0. The molecule has 4 nitrogen and oxygen atoms in total. The highest BCUT2D eigenvalue weighted by Gasteiger charge is 1.87. The van der Waals surface area contributed by atoms with E-state index >= 15 is 0 Å². The number of hydrogen-bond donors (Lipinski definition) is 4. The first-order valence-electron chi connectivity index (χ1n) is 5.21. The molecule has 0 atom stereocenters. The minimum Gasteiger partial charge on any atom is -0.390 e. The maximum absolute atomic E-state index is 3.37. The molecular formula is C10H20N4. The van der Waals surface area contributed by atoms with Crippen LogP contribution in [0.2, 0.25) is 0 Å². The Bertz CT molecular complexity index is 159. The second-order valence-electron chi connectivity index (χ2n) is 3.16. The molecule has 1 aliphatic rings. The summed E-state index contributed by atoms with van der Waals surface area (Å²) in [7, 11) is 0. The van der Waals surface area contributed by atoms with E-state index in [9.17, 15) is 0 Å². The molecular weight excluding hydrogens is 176 g/mol. The predicted molar refractivity (Wildman–Crippen MR) is 59.8 cm³/mol. The van der Waals surface area contributed by atoms with Gasteiger partial charge in [0.2, 0.25) is 0 Å². The van der Waals surface area contributed by atoms with Gasteiger partial charge < -0.3 is 21.3 Å². The van der Waals surface area contributed by atoms with Gasteiger partial charge >= 0.3 is 0 Å². The summed E-state index contributed by atoms with van der Waals surface area (Å²) >= 11 is 0. The fraction of sp³-hybridized carbons (Fsp3) is 0.600. The van der Waals surface area contributed by atoms with E-state index < -0.39 is 0 Å². The van der Waals surface area contributed by atoms with Crippen LogP contribution in [0.5, 0.6) is 0 Å². The van der Waals surface area contributed by atoms with Gasteiger partial charge in [0.05, 0.1) is 0 Å². The van der Waals surface area contributed by atoms with Crippen LogP contribution in [0.15, 0.2) is 24.7 Å². The Morgan fingerprint density at radius 2 is 1.71 bits per heavy atom. The Hall–Kier alpha value is -1.00. The van der Waals surface area contributed by atoms with E-state index in [4.69, 9.17) is 0 Å². The fourth-order valence-corrected chi connectivity index (χ4v) is 1.18. The zero-order valence-corrected chi connectivity index (χ0v) is 8.55. The van der Waals surface area contributed by atoms with Crippen molar-refractivity contribution in [3.05, 3.63) is 24.7 Å². The van der Waals surface area contributed by atoms with Gasteiger partial charge in [0.1, 0.15) is 0 Å². The van der Waals surface area contributed by atoms with E-state index in [1.54, 1.807) is 0 Å². The zero-order valence-electron chi connectivity index (χ0n) is 8.55. The minimum absolute atomic E-state index is 0.913. The third-order valence-electron chi connectivity index (χ3n) is 1.93. The first-order chi connectivity index (χ1) is 7.00. The smallest absolute Gasteiger partial charge is 0.0164 e. The van der Waals surface area contributed by atoms with Crippen molar-refractivity contribution in [3.63, 3.8) is 0 Å². The van der Waals surface area contributed by atoms with Crippen molar-refractivity contribution in [2.75, 3.05) is 32.7 Å². The molecule has 0 radical (unpaired) electrons. The molecule has 80 valence electrons. The summed E-state index contributed by atoms with van der Waals surface area (Å²) in [6, 6.07) is 0. The quantitative estimate of drug-likeness (QED) is 0.431. The molecule has 0 aromatic rings. The van der Waals surface area contributed by atoms with E-state index in [1.165, 1.54) is 0 Å². The van der Waals surface area contributed by atoms with Crippen LogP contribution in [-0.2, 0) is 0 Å². The highest BCUT2D eigenvalue weighted by molar-refractivity contribution is 4.88. The Labute approximate surface area is 85.8 Å². The van der Waals surface area contributed by atoms with Crippen molar-refractivity contribution in [1.29, 1.82) is 0 Å². The van der Waals surface area contributed by atoms with Crippen LogP contribution in [-0.4, -0.2) is 32.7 Å². The average molecular weight is 196 g/mol. The van der Waals surface area contributed by atoms with Crippen molar-refractivity contribution in [2.45, 2.75) is 6.42 Å². The number of hydrogen-bond acceptors (Lipinski definition) is 4. The monoisotopic (exact) mass is 196 g/mol. The van der Waals surface area contributed by atoms with Gasteiger partial charge in [0.15, 0.2) is 0 Å². The molecule has 0 spiro atoms. The molecule has 0 aromatic heterocycles. The molecule has 1 aliphatic heterocycles. The Kier molecular flexibility index (Phi) is 6.80. The Morgan fingerprint density at radius 1 is 0.786 bits per heavy atom.